The molecule has 0 unspecified atom stereocenters. The first-order chi connectivity index (χ1) is 12.4. The molecule has 3 amide bonds. The van der Waals surface area contributed by atoms with Gasteiger partial charge in [-0.15, -0.1) is 0 Å². The third-order valence-electron chi connectivity index (χ3n) is 4.23. The summed E-state index contributed by atoms with van der Waals surface area (Å²) >= 11 is 0. The number of nitrogens with zero attached hydrogens (tertiary/aromatic N) is 1. The van der Waals surface area contributed by atoms with Gasteiger partial charge in [0, 0.05) is 24.7 Å². The van der Waals surface area contributed by atoms with E-state index in [1.165, 1.54) is 28.6 Å². The molecule has 1 heterocycles. The number of hydrazine groups is 1. The van der Waals surface area contributed by atoms with E-state index in [9.17, 15) is 22.8 Å². The zero-order chi connectivity index (χ0) is 18.7. The van der Waals surface area contributed by atoms with Crippen LogP contribution in [0.5, 0.6) is 0 Å². The zero-order valence-electron chi connectivity index (χ0n) is 14.0. The number of benzene rings is 1. The molecular weight excluding hydrogens is 360 g/mol. The molecule has 0 spiro atoms. The molecule has 1 saturated heterocycles. The third-order valence-corrected chi connectivity index (χ3v) is 6.14. The molecule has 0 atom stereocenters. The minimum absolute atomic E-state index is 0.0362. The summed E-state index contributed by atoms with van der Waals surface area (Å²) in [7, 11) is -3.54. The van der Waals surface area contributed by atoms with Crippen molar-refractivity contribution in [1.29, 1.82) is 0 Å². The van der Waals surface area contributed by atoms with Crippen LogP contribution in [0.4, 0.5) is 0 Å². The van der Waals surface area contributed by atoms with Crippen molar-refractivity contribution in [2.75, 3.05) is 13.1 Å². The SMILES string of the molecule is O=C(NNC(=O)c1ccc(S(=O)(=O)N2CCCC2)cc1)C(=O)NC1CC1. The summed E-state index contributed by atoms with van der Waals surface area (Å²) in [6.07, 6.45) is 3.37. The Bertz CT molecular complexity index is 812. The number of amides is 3. The molecule has 1 saturated carbocycles. The molecule has 9 nitrogen and oxygen atoms in total. The molecule has 1 aromatic carbocycles. The van der Waals surface area contributed by atoms with Crippen LogP contribution in [-0.4, -0.2) is 49.6 Å². The summed E-state index contributed by atoms with van der Waals surface area (Å²) in [4.78, 5) is 35.2. The van der Waals surface area contributed by atoms with Crippen molar-refractivity contribution >= 4 is 27.7 Å². The van der Waals surface area contributed by atoms with E-state index in [2.05, 4.69) is 10.7 Å². The maximum Gasteiger partial charge on any atom is 0.327 e. The molecule has 3 N–H and O–H groups in total. The Morgan fingerprint density at radius 2 is 1.54 bits per heavy atom. The van der Waals surface area contributed by atoms with Crippen LogP contribution in [0.1, 0.15) is 36.0 Å². The van der Waals surface area contributed by atoms with E-state index in [-0.39, 0.29) is 16.5 Å². The predicted octanol–water partition coefficient (Wildman–Crippen LogP) is -0.489. The lowest BCUT2D eigenvalue weighted by atomic mass is 10.2. The van der Waals surface area contributed by atoms with Gasteiger partial charge in [0.25, 0.3) is 5.91 Å². The van der Waals surface area contributed by atoms with Crippen LogP contribution in [0.25, 0.3) is 0 Å². The summed E-state index contributed by atoms with van der Waals surface area (Å²) in [6.45, 7) is 0.999. The second kappa shape index (κ2) is 7.42. The number of hydrogen-bond donors (Lipinski definition) is 3. The van der Waals surface area contributed by atoms with Crippen LogP contribution in [0.3, 0.4) is 0 Å². The lowest BCUT2D eigenvalue weighted by Gasteiger charge is -2.15. The monoisotopic (exact) mass is 380 g/mol. The highest BCUT2D eigenvalue weighted by atomic mass is 32.2. The van der Waals surface area contributed by atoms with Gasteiger partial charge < -0.3 is 5.32 Å². The van der Waals surface area contributed by atoms with Gasteiger partial charge in [-0.25, -0.2) is 8.42 Å². The smallest absolute Gasteiger partial charge is 0.327 e. The molecular formula is C16H20N4O5S. The summed E-state index contributed by atoms with van der Waals surface area (Å²) < 4.78 is 26.3. The molecule has 1 aliphatic carbocycles. The van der Waals surface area contributed by atoms with Crippen LogP contribution in [0.2, 0.25) is 0 Å². The van der Waals surface area contributed by atoms with Gasteiger partial charge in [-0.3, -0.25) is 25.2 Å². The fraction of sp³-hybridized carbons (Fsp3) is 0.438. The number of hydrogen-bond acceptors (Lipinski definition) is 5. The molecule has 2 aliphatic rings. The number of carbonyl (C=O) groups excluding carboxylic acids is 3. The average Bonchev–Trinajstić information content (AvgIpc) is 3.26. The van der Waals surface area contributed by atoms with Crippen molar-refractivity contribution in [1.82, 2.24) is 20.5 Å². The van der Waals surface area contributed by atoms with E-state index < -0.39 is 27.7 Å². The summed E-state index contributed by atoms with van der Waals surface area (Å²) in [5.74, 6) is -2.42. The zero-order valence-corrected chi connectivity index (χ0v) is 14.8. The highest BCUT2D eigenvalue weighted by Gasteiger charge is 2.28. The van der Waals surface area contributed by atoms with Crippen molar-refractivity contribution in [3.05, 3.63) is 29.8 Å². The van der Waals surface area contributed by atoms with Crippen LogP contribution < -0.4 is 16.2 Å². The largest absolute Gasteiger partial charge is 0.345 e. The fourth-order valence-electron chi connectivity index (χ4n) is 2.58. The second-order valence-corrected chi connectivity index (χ2v) is 8.23. The van der Waals surface area contributed by atoms with Gasteiger partial charge in [-0.1, -0.05) is 0 Å². The lowest BCUT2D eigenvalue weighted by Crippen LogP contribution is -2.48. The van der Waals surface area contributed by atoms with Gasteiger partial charge in [0.15, 0.2) is 0 Å². The molecule has 26 heavy (non-hydrogen) atoms. The van der Waals surface area contributed by atoms with Gasteiger partial charge in [-0.2, -0.15) is 4.31 Å². The quantitative estimate of drug-likeness (QED) is 0.480. The number of rotatable bonds is 4. The standard InChI is InChI=1S/C16H20N4O5S/c21-14(18-19-16(23)15(22)17-12-5-6-12)11-3-7-13(8-4-11)26(24,25)20-9-1-2-10-20/h3-4,7-8,12H,1-2,5-6,9-10H2,(H,17,22)(H,18,21)(H,19,23). The normalized spacial score (nSPS) is 17.5. The Labute approximate surface area is 151 Å². The van der Waals surface area contributed by atoms with Gasteiger partial charge in [-0.05, 0) is 49.9 Å². The Kier molecular flexibility index (Phi) is 5.23. The molecule has 0 radical (unpaired) electrons. The van der Waals surface area contributed by atoms with Gasteiger partial charge >= 0.3 is 11.8 Å². The lowest BCUT2D eigenvalue weighted by molar-refractivity contribution is -0.139. The Morgan fingerprint density at radius 3 is 2.12 bits per heavy atom. The maximum absolute atomic E-state index is 12.4. The number of sulfonamides is 1. The van der Waals surface area contributed by atoms with Crippen molar-refractivity contribution in [3.63, 3.8) is 0 Å². The van der Waals surface area contributed by atoms with E-state index in [1.54, 1.807) is 0 Å². The van der Waals surface area contributed by atoms with Gasteiger partial charge in [0.05, 0.1) is 4.90 Å². The van der Waals surface area contributed by atoms with Crippen LogP contribution in [-0.2, 0) is 19.6 Å². The molecule has 0 aromatic heterocycles. The van der Waals surface area contributed by atoms with Crippen LogP contribution in [0, 0.1) is 0 Å². The Balaban J connectivity index is 1.56. The van der Waals surface area contributed by atoms with Gasteiger partial charge in [0.1, 0.15) is 0 Å². The molecule has 1 aliphatic heterocycles. The maximum atomic E-state index is 12.4. The van der Waals surface area contributed by atoms with E-state index in [0.717, 1.165) is 25.7 Å². The highest BCUT2D eigenvalue weighted by molar-refractivity contribution is 7.89. The van der Waals surface area contributed by atoms with Crippen molar-refractivity contribution < 1.29 is 22.8 Å². The first-order valence-electron chi connectivity index (χ1n) is 8.39. The van der Waals surface area contributed by atoms with Crippen molar-refractivity contribution in [3.8, 4) is 0 Å². The Morgan fingerprint density at radius 1 is 0.923 bits per heavy atom. The van der Waals surface area contributed by atoms with E-state index in [0.29, 0.717) is 13.1 Å². The average molecular weight is 380 g/mol. The van der Waals surface area contributed by atoms with E-state index in [4.69, 9.17) is 0 Å². The first-order valence-corrected chi connectivity index (χ1v) is 9.83. The highest BCUT2D eigenvalue weighted by Crippen LogP contribution is 2.21. The number of carbonyl (C=O) groups is 3. The minimum Gasteiger partial charge on any atom is -0.345 e. The second-order valence-electron chi connectivity index (χ2n) is 6.29. The summed E-state index contributed by atoms with van der Waals surface area (Å²) in [5, 5.41) is 2.49. The fourth-order valence-corrected chi connectivity index (χ4v) is 4.09. The predicted molar refractivity (Wildman–Crippen MR) is 91.2 cm³/mol. The summed E-state index contributed by atoms with van der Waals surface area (Å²) in [5.41, 5.74) is 4.31. The molecule has 1 aromatic rings. The molecule has 3 rings (SSSR count). The van der Waals surface area contributed by atoms with Gasteiger partial charge in [0.2, 0.25) is 10.0 Å². The molecule has 140 valence electrons. The number of nitrogens with one attached hydrogen (secondary N) is 3. The van der Waals surface area contributed by atoms with E-state index in [1.807, 2.05) is 5.43 Å². The van der Waals surface area contributed by atoms with Crippen molar-refractivity contribution in [2.24, 2.45) is 0 Å². The molecule has 10 heteroatoms. The third kappa shape index (κ3) is 4.20. The minimum atomic E-state index is -3.54. The first kappa shape index (κ1) is 18.3. The summed E-state index contributed by atoms with van der Waals surface area (Å²) in [6, 6.07) is 5.45. The van der Waals surface area contributed by atoms with Crippen LogP contribution in [0.15, 0.2) is 29.2 Å². The van der Waals surface area contributed by atoms with E-state index >= 15 is 0 Å². The Hall–Kier alpha value is -2.46. The molecule has 0 bridgehead atoms. The van der Waals surface area contributed by atoms with Crippen molar-refractivity contribution in [2.45, 2.75) is 36.6 Å². The van der Waals surface area contributed by atoms with Crippen LogP contribution >= 0.6 is 0 Å². The molecule has 2 fully saturated rings. The topological polar surface area (TPSA) is 125 Å².